The molecule has 0 fully saturated rings. The quantitative estimate of drug-likeness (QED) is 0.861. The maximum atomic E-state index is 4.77. The van der Waals surface area contributed by atoms with Crippen LogP contribution in [0.15, 0.2) is 18.7 Å². The molecule has 2 aromatic heterocycles. The zero-order chi connectivity index (χ0) is 14.9. The molecule has 0 saturated heterocycles. The zero-order valence-corrected chi connectivity index (χ0v) is 13.2. The Kier molecular flexibility index (Phi) is 3.90. The Balaban J connectivity index is 2.52. The zero-order valence-electron chi connectivity index (χ0n) is 13.2. The molecule has 0 saturated carbocycles. The van der Waals surface area contributed by atoms with Crippen molar-refractivity contribution in [3.8, 4) is 5.82 Å². The van der Waals surface area contributed by atoms with Gasteiger partial charge >= 0.3 is 0 Å². The summed E-state index contributed by atoms with van der Waals surface area (Å²) < 4.78 is 1.87. The SMILES string of the molecule is Cc1cncnc1-n1cc(CN(C)C)c(C(C)(C)C)n1. The van der Waals surface area contributed by atoms with Gasteiger partial charge in [0.15, 0.2) is 5.82 Å². The highest BCUT2D eigenvalue weighted by molar-refractivity contribution is 5.33. The highest BCUT2D eigenvalue weighted by Gasteiger charge is 2.23. The second-order valence-corrected chi connectivity index (χ2v) is 6.46. The molecule has 0 bridgehead atoms. The fraction of sp³-hybridized carbons (Fsp3) is 0.533. The molecule has 0 aliphatic rings. The van der Waals surface area contributed by atoms with Gasteiger partial charge in [-0.2, -0.15) is 5.10 Å². The monoisotopic (exact) mass is 273 g/mol. The van der Waals surface area contributed by atoms with Crippen LogP contribution in [0.4, 0.5) is 0 Å². The number of aromatic nitrogens is 4. The minimum Gasteiger partial charge on any atom is -0.305 e. The third-order valence-electron chi connectivity index (χ3n) is 3.07. The molecular formula is C15H23N5. The Hall–Kier alpha value is -1.75. The summed E-state index contributed by atoms with van der Waals surface area (Å²) in [5, 5.41) is 4.77. The molecule has 2 aromatic rings. The van der Waals surface area contributed by atoms with E-state index in [1.807, 2.05) is 17.8 Å². The van der Waals surface area contributed by atoms with E-state index >= 15 is 0 Å². The van der Waals surface area contributed by atoms with Crippen LogP contribution in [0.2, 0.25) is 0 Å². The van der Waals surface area contributed by atoms with E-state index in [9.17, 15) is 0 Å². The highest BCUT2D eigenvalue weighted by Crippen LogP contribution is 2.26. The van der Waals surface area contributed by atoms with Crippen molar-refractivity contribution in [3.63, 3.8) is 0 Å². The van der Waals surface area contributed by atoms with E-state index in [-0.39, 0.29) is 5.41 Å². The van der Waals surface area contributed by atoms with Crippen LogP contribution in [-0.2, 0) is 12.0 Å². The number of hydrogen-bond donors (Lipinski definition) is 0. The summed E-state index contributed by atoms with van der Waals surface area (Å²) in [6.45, 7) is 9.43. The Bertz CT molecular complexity index is 593. The standard InChI is InChI=1S/C15H23N5/c1-11-7-16-10-17-14(11)20-9-12(8-19(5)6)13(18-20)15(2,3)4/h7,9-10H,8H2,1-6H3. The Morgan fingerprint density at radius 2 is 1.95 bits per heavy atom. The maximum absolute atomic E-state index is 4.77. The predicted molar refractivity (Wildman–Crippen MR) is 80.0 cm³/mol. The third kappa shape index (κ3) is 3.04. The molecule has 108 valence electrons. The lowest BCUT2D eigenvalue weighted by Gasteiger charge is -2.19. The molecule has 2 rings (SSSR count). The van der Waals surface area contributed by atoms with Crippen LogP contribution in [0.25, 0.3) is 5.82 Å². The summed E-state index contributed by atoms with van der Waals surface area (Å²) in [4.78, 5) is 10.5. The topological polar surface area (TPSA) is 46.8 Å². The number of aryl methyl sites for hydroxylation is 1. The molecule has 0 aliphatic heterocycles. The van der Waals surface area contributed by atoms with E-state index in [1.165, 1.54) is 5.56 Å². The molecule has 0 unspecified atom stereocenters. The number of hydrogen-bond acceptors (Lipinski definition) is 4. The number of rotatable bonds is 3. The molecule has 20 heavy (non-hydrogen) atoms. The molecular weight excluding hydrogens is 250 g/mol. The normalized spacial score (nSPS) is 12.2. The minimum absolute atomic E-state index is 0.0114. The molecule has 0 atom stereocenters. The van der Waals surface area contributed by atoms with Gasteiger partial charge in [-0.1, -0.05) is 20.8 Å². The van der Waals surface area contributed by atoms with Crippen LogP contribution in [0.5, 0.6) is 0 Å². The lowest BCUT2D eigenvalue weighted by Crippen LogP contribution is -2.18. The van der Waals surface area contributed by atoms with Crippen LogP contribution >= 0.6 is 0 Å². The van der Waals surface area contributed by atoms with Crippen LogP contribution in [-0.4, -0.2) is 38.7 Å². The van der Waals surface area contributed by atoms with E-state index in [4.69, 9.17) is 5.10 Å². The largest absolute Gasteiger partial charge is 0.305 e. The first-order valence-corrected chi connectivity index (χ1v) is 6.80. The summed E-state index contributed by atoms with van der Waals surface area (Å²) in [6, 6.07) is 0. The molecule has 0 amide bonds. The highest BCUT2D eigenvalue weighted by atomic mass is 15.3. The smallest absolute Gasteiger partial charge is 0.159 e. The van der Waals surface area contributed by atoms with E-state index in [0.29, 0.717) is 0 Å². The number of nitrogens with zero attached hydrogens (tertiary/aromatic N) is 5. The van der Waals surface area contributed by atoms with Crippen molar-refractivity contribution in [1.82, 2.24) is 24.6 Å². The van der Waals surface area contributed by atoms with Crippen LogP contribution in [0, 0.1) is 6.92 Å². The third-order valence-corrected chi connectivity index (χ3v) is 3.07. The first kappa shape index (κ1) is 14.7. The second-order valence-electron chi connectivity index (χ2n) is 6.46. The first-order chi connectivity index (χ1) is 9.29. The second kappa shape index (κ2) is 5.32. The van der Waals surface area contributed by atoms with Gasteiger partial charge in [-0.05, 0) is 21.0 Å². The first-order valence-electron chi connectivity index (χ1n) is 6.80. The molecule has 5 nitrogen and oxygen atoms in total. The molecule has 0 aliphatic carbocycles. The average molecular weight is 273 g/mol. The minimum atomic E-state index is 0.0114. The average Bonchev–Trinajstić information content (AvgIpc) is 2.72. The van der Waals surface area contributed by atoms with E-state index < -0.39 is 0 Å². The van der Waals surface area contributed by atoms with Crippen molar-refractivity contribution in [2.24, 2.45) is 0 Å². The van der Waals surface area contributed by atoms with Crippen molar-refractivity contribution >= 4 is 0 Å². The van der Waals surface area contributed by atoms with Crippen molar-refractivity contribution in [2.75, 3.05) is 14.1 Å². The van der Waals surface area contributed by atoms with Gasteiger partial charge in [0.05, 0.1) is 5.69 Å². The predicted octanol–water partition coefficient (Wildman–Crippen LogP) is 2.33. The lowest BCUT2D eigenvalue weighted by molar-refractivity contribution is 0.396. The van der Waals surface area contributed by atoms with Gasteiger partial charge in [0, 0.05) is 35.5 Å². The van der Waals surface area contributed by atoms with E-state index in [0.717, 1.165) is 23.6 Å². The van der Waals surface area contributed by atoms with Crippen LogP contribution in [0.3, 0.4) is 0 Å². The van der Waals surface area contributed by atoms with Gasteiger partial charge in [-0.25, -0.2) is 14.6 Å². The Labute approximate surface area is 120 Å². The van der Waals surface area contributed by atoms with Crippen molar-refractivity contribution in [3.05, 3.63) is 35.5 Å². The van der Waals surface area contributed by atoms with Crippen molar-refractivity contribution in [1.29, 1.82) is 0 Å². The van der Waals surface area contributed by atoms with Crippen LogP contribution in [0.1, 0.15) is 37.6 Å². The molecule has 2 heterocycles. The summed E-state index contributed by atoms with van der Waals surface area (Å²) in [6.07, 6.45) is 5.45. The maximum Gasteiger partial charge on any atom is 0.159 e. The Morgan fingerprint density at radius 3 is 2.50 bits per heavy atom. The van der Waals surface area contributed by atoms with E-state index in [2.05, 4.69) is 55.9 Å². The molecule has 0 radical (unpaired) electrons. The molecule has 5 heteroatoms. The van der Waals surface area contributed by atoms with Gasteiger partial charge in [0.1, 0.15) is 6.33 Å². The van der Waals surface area contributed by atoms with Gasteiger partial charge in [0.25, 0.3) is 0 Å². The fourth-order valence-electron chi connectivity index (χ4n) is 2.24. The molecule has 0 N–H and O–H groups in total. The lowest BCUT2D eigenvalue weighted by atomic mass is 9.89. The van der Waals surface area contributed by atoms with Crippen molar-refractivity contribution < 1.29 is 0 Å². The summed E-state index contributed by atoms with van der Waals surface area (Å²) in [5.41, 5.74) is 3.38. The fourth-order valence-corrected chi connectivity index (χ4v) is 2.24. The summed E-state index contributed by atoms with van der Waals surface area (Å²) in [7, 11) is 4.14. The van der Waals surface area contributed by atoms with Crippen LogP contribution < -0.4 is 0 Å². The van der Waals surface area contributed by atoms with Gasteiger partial charge in [0.2, 0.25) is 0 Å². The molecule has 0 spiro atoms. The summed E-state index contributed by atoms with van der Waals surface area (Å²) >= 11 is 0. The van der Waals surface area contributed by atoms with Gasteiger partial charge < -0.3 is 4.90 Å². The van der Waals surface area contributed by atoms with Gasteiger partial charge in [-0.3, -0.25) is 0 Å². The summed E-state index contributed by atoms with van der Waals surface area (Å²) in [5.74, 6) is 0.843. The Morgan fingerprint density at radius 1 is 1.25 bits per heavy atom. The van der Waals surface area contributed by atoms with E-state index in [1.54, 1.807) is 6.33 Å². The van der Waals surface area contributed by atoms with Gasteiger partial charge in [-0.15, -0.1) is 0 Å². The molecule has 0 aromatic carbocycles. The van der Waals surface area contributed by atoms with Crippen molar-refractivity contribution in [2.45, 2.75) is 39.7 Å².